The molecule has 0 unspecified atom stereocenters. The number of aliphatic carboxylic acids is 1. The molecule has 92 valence electrons. The van der Waals surface area contributed by atoms with E-state index in [0.29, 0.717) is 17.3 Å². The van der Waals surface area contributed by atoms with Crippen molar-refractivity contribution in [2.45, 2.75) is 12.8 Å². The monoisotopic (exact) mass is 262 g/mol. The van der Waals surface area contributed by atoms with Gasteiger partial charge in [-0.3, -0.25) is 4.79 Å². The zero-order chi connectivity index (χ0) is 13.0. The lowest BCUT2D eigenvalue weighted by atomic mass is 10.2. The fourth-order valence-corrected chi connectivity index (χ4v) is 1.61. The van der Waals surface area contributed by atoms with Crippen LogP contribution in [0.15, 0.2) is 36.7 Å². The number of carboxylic acids is 1. The lowest BCUT2D eigenvalue weighted by molar-refractivity contribution is -0.136. The lowest BCUT2D eigenvalue weighted by Gasteiger charge is -2.02. The highest BCUT2D eigenvalue weighted by Gasteiger charge is 2.03. The largest absolute Gasteiger partial charge is 0.481 e. The van der Waals surface area contributed by atoms with E-state index >= 15 is 0 Å². The summed E-state index contributed by atoms with van der Waals surface area (Å²) in [5.74, 6) is -0.220. The van der Waals surface area contributed by atoms with Crippen molar-refractivity contribution in [1.29, 1.82) is 0 Å². The maximum Gasteiger partial charge on any atom is 0.303 e. The normalized spacial score (nSPS) is 10.3. The number of rotatable bonds is 4. The summed E-state index contributed by atoms with van der Waals surface area (Å²) in [6.45, 7) is 0. The van der Waals surface area contributed by atoms with Gasteiger partial charge in [0.15, 0.2) is 5.82 Å². The zero-order valence-corrected chi connectivity index (χ0v) is 10.3. The van der Waals surface area contributed by atoms with Gasteiger partial charge in [0, 0.05) is 29.4 Å². The maximum atomic E-state index is 10.4. The Labute approximate surface area is 109 Å². The Hall–Kier alpha value is -1.94. The average Bonchev–Trinajstić information content (AvgIpc) is 2.38. The first-order valence-electron chi connectivity index (χ1n) is 5.44. The molecule has 0 saturated heterocycles. The molecule has 0 aliphatic heterocycles. The minimum Gasteiger partial charge on any atom is -0.481 e. The number of aryl methyl sites for hydroxylation is 1. The van der Waals surface area contributed by atoms with Crippen molar-refractivity contribution in [2.24, 2.45) is 0 Å². The molecule has 0 bridgehead atoms. The summed E-state index contributed by atoms with van der Waals surface area (Å²) in [6.07, 6.45) is 3.83. The fourth-order valence-electron chi connectivity index (χ4n) is 1.48. The molecule has 0 aliphatic rings. The summed E-state index contributed by atoms with van der Waals surface area (Å²) in [6, 6.07) is 7.24. The molecule has 0 amide bonds. The number of aromatic nitrogens is 2. The number of benzene rings is 1. The number of carbonyl (C=O) groups is 1. The van der Waals surface area contributed by atoms with Crippen LogP contribution in [0.4, 0.5) is 0 Å². The molecule has 1 heterocycles. The molecular weight excluding hydrogens is 252 g/mol. The summed E-state index contributed by atoms with van der Waals surface area (Å²) in [5.41, 5.74) is 1.69. The third kappa shape index (κ3) is 3.28. The molecule has 4 nitrogen and oxygen atoms in total. The molecule has 2 aromatic rings. The van der Waals surface area contributed by atoms with E-state index in [1.54, 1.807) is 24.5 Å². The minimum absolute atomic E-state index is 0.0870. The highest BCUT2D eigenvalue weighted by atomic mass is 35.5. The summed E-state index contributed by atoms with van der Waals surface area (Å²) >= 11 is 5.80. The van der Waals surface area contributed by atoms with E-state index < -0.39 is 5.97 Å². The van der Waals surface area contributed by atoms with Crippen molar-refractivity contribution in [3.05, 3.63) is 47.2 Å². The molecular formula is C13H11ClN2O2. The maximum absolute atomic E-state index is 10.4. The van der Waals surface area contributed by atoms with Gasteiger partial charge >= 0.3 is 5.97 Å². The van der Waals surface area contributed by atoms with Crippen LogP contribution in [0.2, 0.25) is 5.02 Å². The predicted octanol–water partition coefficient (Wildman–Crippen LogP) is 2.81. The molecule has 5 heteroatoms. The van der Waals surface area contributed by atoms with Crippen molar-refractivity contribution in [3.63, 3.8) is 0 Å². The van der Waals surface area contributed by atoms with Crippen LogP contribution in [0.25, 0.3) is 11.4 Å². The SMILES string of the molecule is O=C(O)CCc1cnc(-c2ccc(Cl)cc2)nc1. The highest BCUT2D eigenvalue weighted by molar-refractivity contribution is 6.30. The van der Waals surface area contributed by atoms with Gasteiger partial charge in [-0.15, -0.1) is 0 Å². The van der Waals surface area contributed by atoms with Crippen LogP contribution in [-0.2, 0) is 11.2 Å². The number of halogens is 1. The first-order valence-corrected chi connectivity index (χ1v) is 5.81. The molecule has 1 aromatic carbocycles. The fraction of sp³-hybridized carbons (Fsp3) is 0.154. The standard InChI is InChI=1S/C13H11ClN2O2/c14-11-4-2-10(3-5-11)13-15-7-9(8-16-13)1-6-12(17)18/h2-5,7-8H,1,6H2,(H,17,18). The van der Waals surface area contributed by atoms with Gasteiger partial charge in [0.1, 0.15) is 0 Å². The van der Waals surface area contributed by atoms with Gasteiger partial charge in [0.05, 0.1) is 0 Å². The van der Waals surface area contributed by atoms with Gasteiger partial charge in [-0.05, 0) is 36.2 Å². The smallest absolute Gasteiger partial charge is 0.303 e. The third-order valence-corrected chi connectivity index (χ3v) is 2.69. The van der Waals surface area contributed by atoms with E-state index in [9.17, 15) is 4.79 Å². The van der Waals surface area contributed by atoms with E-state index in [2.05, 4.69) is 9.97 Å². The summed E-state index contributed by atoms with van der Waals surface area (Å²) in [5, 5.41) is 9.24. The van der Waals surface area contributed by atoms with Crippen molar-refractivity contribution < 1.29 is 9.90 Å². The van der Waals surface area contributed by atoms with Crippen LogP contribution in [0.1, 0.15) is 12.0 Å². The van der Waals surface area contributed by atoms with Crippen LogP contribution >= 0.6 is 11.6 Å². The molecule has 1 aromatic heterocycles. The Morgan fingerprint density at radius 3 is 2.33 bits per heavy atom. The number of hydrogen-bond donors (Lipinski definition) is 1. The van der Waals surface area contributed by atoms with E-state index in [0.717, 1.165) is 11.1 Å². The summed E-state index contributed by atoms with van der Waals surface area (Å²) in [7, 11) is 0. The molecule has 18 heavy (non-hydrogen) atoms. The second-order valence-corrected chi connectivity index (χ2v) is 4.25. The first-order chi connectivity index (χ1) is 8.65. The molecule has 0 fully saturated rings. The van der Waals surface area contributed by atoms with E-state index in [-0.39, 0.29) is 6.42 Å². The van der Waals surface area contributed by atoms with Gasteiger partial charge in [0.2, 0.25) is 0 Å². The quantitative estimate of drug-likeness (QED) is 0.920. The van der Waals surface area contributed by atoms with Gasteiger partial charge in [0.25, 0.3) is 0 Å². The van der Waals surface area contributed by atoms with Crippen molar-refractivity contribution in [1.82, 2.24) is 9.97 Å². The van der Waals surface area contributed by atoms with Gasteiger partial charge < -0.3 is 5.11 Å². The molecule has 0 atom stereocenters. The summed E-state index contributed by atoms with van der Waals surface area (Å²) in [4.78, 5) is 18.9. The van der Waals surface area contributed by atoms with Gasteiger partial charge in [-0.2, -0.15) is 0 Å². The molecule has 0 saturated carbocycles. The second kappa shape index (κ2) is 5.60. The van der Waals surface area contributed by atoms with Crippen molar-refractivity contribution in [2.75, 3.05) is 0 Å². The molecule has 0 radical (unpaired) electrons. The van der Waals surface area contributed by atoms with Gasteiger partial charge in [-0.1, -0.05) is 11.6 Å². The van der Waals surface area contributed by atoms with Crippen molar-refractivity contribution >= 4 is 17.6 Å². The molecule has 0 aliphatic carbocycles. The van der Waals surface area contributed by atoms with E-state index in [1.807, 2.05) is 12.1 Å². The van der Waals surface area contributed by atoms with Gasteiger partial charge in [-0.25, -0.2) is 9.97 Å². The van der Waals surface area contributed by atoms with E-state index in [4.69, 9.17) is 16.7 Å². The Bertz CT molecular complexity index is 538. The number of hydrogen-bond acceptors (Lipinski definition) is 3. The van der Waals surface area contributed by atoms with E-state index in [1.165, 1.54) is 0 Å². The molecule has 0 spiro atoms. The van der Waals surface area contributed by atoms with Crippen LogP contribution in [0, 0.1) is 0 Å². The third-order valence-electron chi connectivity index (χ3n) is 2.44. The topological polar surface area (TPSA) is 63.1 Å². The lowest BCUT2D eigenvalue weighted by Crippen LogP contribution is -1.99. The highest BCUT2D eigenvalue weighted by Crippen LogP contribution is 2.17. The van der Waals surface area contributed by atoms with Crippen molar-refractivity contribution in [3.8, 4) is 11.4 Å². The Morgan fingerprint density at radius 1 is 1.17 bits per heavy atom. The van der Waals surface area contributed by atoms with Crippen LogP contribution in [-0.4, -0.2) is 21.0 Å². The molecule has 1 N–H and O–H groups in total. The van der Waals surface area contributed by atoms with Crippen LogP contribution in [0.3, 0.4) is 0 Å². The molecule has 2 rings (SSSR count). The second-order valence-electron chi connectivity index (χ2n) is 3.82. The number of carboxylic acid groups (broad SMARTS) is 1. The Balaban J connectivity index is 2.12. The van der Waals surface area contributed by atoms with Crippen LogP contribution in [0.5, 0.6) is 0 Å². The summed E-state index contributed by atoms with van der Waals surface area (Å²) < 4.78 is 0. The minimum atomic E-state index is -0.822. The Kier molecular flexibility index (Phi) is 3.89. The average molecular weight is 263 g/mol. The first kappa shape index (κ1) is 12.5. The zero-order valence-electron chi connectivity index (χ0n) is 9.51. The van der Waals surface area contributed by atoms with Crippen LogP contribution < -0.4 is 0 Å². The Morgan fingerprint density at radius 2 is 1.78 bits per heavy atom. The predicted molar refractivity (Wildman–Crippen MR) is 68.4 cm³/mol. The number of nitrogens with zero attached hydrogens (tertiary/aromatic N) is 2.